The summed E-state index contributed by atoms with van der Waals surface area (Å²) in [5.74, 6) is 0. The lowest BCUT2D eigenvalue weighted by Crippen LogP contribution is -2.58. The van der Waals surface area contributed by atoms with Crippen LogP contribution in [0.3, 0.4) is 0 Å². The van der Waals surface area contributed by atoms with Gasteiger partial charge in [-0.05, 0) is 18.6 Å². The summed E-state index contributed by atoms with van der Waals surface area (Å²) >= 11 is 0. The second-order valence-electron chi connectivity index (χ2n) is 5.52. The molecule has 1 fully saturated rings. The van der Waals surface area contributed by atoms with Crippen molar-refractivity contribution in [1.82, 2.24) is 5.32 Å². The van der Waals surface area contributed by atoms with Gasteiger partial charge in [-0.2, -0.15) is 0 Å². The predicted molar refractivity (Wildman–Crippen MR) is 77.2 cm³/mol. The second kappa shape index (κ2) is 6.21. The quantitative estimate of drug-likeness (QED) is 0.618. The number of nitrogens with one attached hydrogen (secondary N) is 1. The van der Waals surface area contributed by atoms with Crippen LogP contribution in [0.25, 0.3) is 0 Å². The molecule has 1 aliphatic heterocycles. The average Bonchev–Trinajstić information content (AvgIpc) is 2.40. The fraction of sp³-hybridized carbons (Fsp3) is 0.600. The first kappa shape index (κ1) is 13.4. The van der Waals surface area contributed by atoms with Crippen LogP contribution in [0.5, 0.6) is 0 Å². The van der Waals surface area contributed by atoms with Crippen LogP contribution >= 0.6 is 0 Å². The van der Waals surface area contributed by atoms with Gasteiger partial charge in [0.25, 0.3) is 0 Å². The van der Waals surface area contributed by atoms with Crippen molar-refractivity contribution in [2.24, 2.45) is 0 Å². The summed E-state index contributed by atoms with van der Waals surface area (Å²) in [5.41, 5.74) is 8.04. The monoisotopic (exact) mass is 248 g/mol. The van der Waals surface area contributed by atoms with Crippen molar-refractivity contribution in [2.75, 3.05) is 38.5 Å². The Bertz CT molecular complexity index is 353. The van der Waals surface area contributed by atoms with Crippen LogP contribution in [0.15, 0.2) is 24.3 Å². The lowest BCUT2D eigenvalue weighted by atomic mass is 10.1. The zero-order valence-electron chi connectivity index (χ0n) is 11.5. The van der Waals surface area contributed by atoms with Crippen molar-refractivity contribution in [2.45, 2.75) is 26.3 Å². The van der Waals surface area contributed by atoms with Crippen LogP contribution in [-0.4, -0.2) is 37.2 Å². The Morgan fingerprint density at radius 3 is 2.44 bits per heavy atom. The molecule has 2 rings (SSSR count). The minimum Gasteiger partial charge on any atom is -0.399 e. The summed E-state index contributed by atoms with van der Waals surface area (Å²) < 4.78 is 1.24. The van der Waals surface area contributed by atoms with Gasteiger partial charge in [-0.25, -0.2) is 0 Å². The largest absolute Gasteiger partial charge is 0.399 e. The number of rotatable bonds is 5. The molecule has 1 aromatic carbocycles. The molecule has 1 aromatic rings. The molecule has 3 N–H and O–H groups in total. The maximum Gasteiger partial charge on any atom is 0.104 e. The number of nitrogens with two attached hydrogens (primary N) is 1. The molecule has 0 spiro atoms. The van der Waals surface area contributed by atoms with Gasteiger partial charge in [0.05, 0.1) is 19.6 Å². The van der Waals surface area contributed by atoms with E-state index in [0.29, 0.717) is 0 Å². The summed E-state index contributed by atoms with van der Waals surface area (Å²) in [4.78, 5) is 0. The topological polar surface area (TPSA) is 38.0 Å². The number of quaternary nitrogens is 1. The van der Waals surface area contributed by atoms with Crippen molar-refractivity contribution in [3.8, 4) is 0 Å². The molecule has 0 radical (unpaired) electrons. The number of hydrogen-bond donors (Lipinski definition) is 2. The van der Waals surface area contributed by atoms with E-state index in [0.717, 1.165) is 25.3 Å². The smallest absolute Gasteiger partial charge is 0.104 e. The van der Waals surface area contributed by atoms with Gasteiger partial charge in [0.2, 0.25) is 0 Å². The van der Waals surface area contributed by atoms with Crippen LogP contribution in [0.1, 0.15) is 25.3 Å². The van der Waals surface area contributed by atoms with Crippen LogP contribution < -0.4 is 11.1 Å². The molecule has 3 heteroatoms. The van der Waals surface area contributed by atoms with Gasteiger partial charge < -0.3 is 15.5 Å². The molecule has 0 bridgehead atoms. The van der Waals surface area contributed by atoms with Crippen LogP contribution in [0.2, 0.25) is 0 Å². The van der Waals surface area contributed by atoms with E-state index >= 15 is 0 Å². The Hall–Kier alpha value is -1.06. The number of hydrogen-bond acceptors (Lipinski definition) is 2. The number of benzene rings is 1. The SMILES string of the molecule is CCCC[N+]1(Cc2ccc(N)cc2)CCNCC1. The van der Waals surface area contributed by atoms with E-state index in [2.05, 4.69) is 24.4 Å². The molecule has 1 heterocycles. The Labute approximate surface area is 111 Å². The first-order valence-corrected chi connectivity index (χ1v) is 7.14. The third kappa shape index (κ3) is 3.47. The molecule has 0 saturated carbocycles. The fourth-order valence-electron chi connectivity index (χ4n) is 2.83. The first-order chi connectivity index (χ1) is 8.74. The van der Waals surface area contributed by atoms with E-state index in [1.807, 2.05) is 12.1 Å². The molecule has 3 nitrogen and oxygen atoms in total. The number of nitrogen functional groups attached to an aromatic ring is 1. The highest BCUT2D eigenvalue weighted by atomic mass is 15.4. The molecule has 100 valence electrons. The fourth-order valence-corrected chi connectivity index (χ4v) is 2.83. The van der Waals surface area contributed by atoms with Crippen LogP contribution in [-0.2, 0) is 6.54 Å². The van der Waals surface area contributed by atoms with Gasteiger partial charge in [-0.3, -0.25) is 0 Å². The highest BCUT2D eigenvalue weighted by Crippen LogP contribution is 2.18. The lowest BCUT2D eigenvalue weighted by molar-refractivity contribution is -0.942. The van der Waals surface area contributed by atoms with Gasteiger partial charge in [0.1, 0.15) is 6.54 Å². The standard InChI is InChI=1S/C15H26N3/c1-2-3-10-18(11-8-17-9-12-18)13-14-4-6-15(16)7-5-14/h4-7,17H,2-3,8-13,16H2,1H3/q+1. The summed E-state index contributed by atoms with van der Waals surface area (Å²) in [6.07, 6.45) is 2.62. The molecule has 0 unspecified atom stereocenters. The average molecular weight is 248 g/mol. The van der Waals surface area contributed by atoms with Gasteiger partial charge in [0, 0.05) is 24.3 Å². The van der Waals surface area contributed by atoms with E-state index in [1.165, 1.54) is 42.5 Å². The highest BCUT2D eigenvalue weighted by molar-refractivity contribution is 5.39. The number of unbranched alkanes of at least 4 members (excludes halogenated alkanes) is 1. The van der Waals surface area contributed by atoms with Gasteiger partial charge in [-0.1, -0.05) is 25.5 Å². The lowest BCUT2D eigenvalue weighted by Gasteiger charge is -2.42. The number of nitrogens with zero attached hydrogens (tertiary/aromatic N) is 1. The highest BCUT2D eigenvalue weighted by Gasteiger charge is 2.29. The van der Waals surface area contributed by atoms with E-state index < -0.39 is 0 Å². The minimum atomic E-state index is 0.860. The second-order valence-corrected chi connectivity index (χ2v) is 5.52. The molecular weight excluding hydrogens is 222 g/mol. The predicted octanol–water partition coefficient (Wildman–Crippen LogP) is 1.99. The molecule has 0 aliphatic carbocycles. The van der Waals surface area contributed by atoms with Crippen molar-refractivity contribution in [1.29, 1.82) is 0 Å². The van der Waals surface area contributed by atoms with Gasteiger partial charge >= 0.3 is 0 Å². The van der Waals surface area contributed by atoms with E-state index in [-0.39, 0.29) is 0 Å². The number of piperazine rings is 1. The molecule has 1 aliphatic rings. The Kier molecular flexibility index (Phi) is 4.61. The summed E-state index contributed by atoms with van der Waals surface area (Å²) in [7, 11) is 0. The molecule has 0 atom stereocenters. The third-order valence-corrected chi connectivity index (χ3v) is 4.01. The maximum atomic E-state index is 5.76. The molecule has 1 saturated heterocycles. The van der Waals surface area contributed by atoms with Crippen LogP contribution in [0.4, 0.5) is 5.69 Å². The van der Waals surface area contributed by atoms with E-state index in [9.17, 15) is 0 Å². The van der Waals surface area contributed by atoms with Crippen molar-refractivity contribution in [3.63, 3.8) is 0 Å². The first-order valence-electron chi connectivity index (χ1n) is 7.14. The van der Waals surface area contributed by atoms with Crippen LogP contribution in [0, 0.1) is 0 Å². The summed E-state index contributed by atoms with van der Waals surface area (Å²) in [6, 6.07) is 8.41. The molecular formula is C15H26N3+. The zero-order chi connectivity index (χ0) is 12.8. The normalized spacial score (nSPS) is 18.7. The van der Waals surface area contributed by atoms with Gasteiger partial charge in [-0.15, -0.1) is 0 Å². The van der Waals surface area contributed by atoms with E-state index in [1.54, 1.807) is 0 Å². The minimum absolute atomic E-state index is 0.860. The Balaban J connectivity index is 2.06. The Morgan fingerprint density at radius 2 is 1.83 bits per heavy atom. The number of anilines is 1. The molecule has 18 heavy (non-hydrogen) atoms. The maximum absolute atomic E-state index is 5.76. The molecule has 0 amide bonds. The van der Waals surface area contributed by atoms with Gasteiger partial charge in [0.15, 0.2) is 0 Å². The zero-order valence-corrected chi connectivity index (χ0v) is 11.5. The van der Waals surface area contributed by atoms with Crippen molar-refractivity contribution < 1.29 is 4.48 Å². The third-order valence-electron chi connectivity index (χ3n) is 4.01. The van der Waals surface area contributed by atoms with Crippen molar-refractivity contribution >= 4 is 5.69 Å². The summed E-state index contributed by atoms with van der Waals surface area (Å²) in [5, 5.41) is 3.48. The Morgan fingerprint density at radius 1 is 1.17 bits per heavy atom. The van der Waals surface area contributed by atoms with E-state index in [4.69, 9.17) is 5.73 Å². The van der Waals surface area contributed by atoms with Crippen molar-refractivity contribution in [3.05, 3.63) is 29.8 Å². The summed E-state index contributed by atoms with van der Waals surface area (Å²) in [6.45, 7) is 9.55. The molecule has 0 aromatic heterocycles.